The standard InChI is InChI=1S/C9H16ClNO5/c1-9(2,3)16-8(14)11(10)6(5-12)7(13)15-4/h6,12H,5H2,1-4H3. The molecule has 1 atom stereocenters. The number of ether oxygens (including phenoxy) is 2. The summed E-state index contributed by atoms with van der Waals surface area (Å²) in [6, 6.07) is -1.28. The molecule has 94 valence electrons. The van der Waals surface area contributed by atoms with E-state index in [4.69, 9.17) is 21.6 Å². The van der Waals surface area contributed by atoms with E-state index in [1.807, 2.05) is 0 Å². The second-order valence-electron chi connectivity index (χ2n) is 4.01. The quantitative estimate of drug-likeness (QED) is 0.598. The molecule has 0 aromatic carbocycles. The molecule has 0 radical (unpaired) electrons. The lowest BCUT2D eigenvalue weighted by Crippen LogP contribution is -2.44. The van der Waals surface area contributed by atoms with Crippen LogP contribution < -0.4 is 0 Å². The Kier molecular flexibility index (Phi) is 5.53. The first-order valence-electron chi connectivity index (χ1n) is 4.59. The minimum absolute atomic E-state index is 0.483. The Morgan fingerprint density at radius 3 is 2.25 bits per heavy atom. The molecule has 7 heteroatoms. The van der Waals surface area contributed by atoms with Crippen molar-refractivity contribution in [2.24, 2.45) is 0 Å². The number of methoxy groups -OCH3 is 1. The van der Waals surface area contributed by atoms with E-state index in [1.165, 1.54) is 0 Å². The van der Waals surface area contributed by atoms with Gasteiger partial charge in [-0.3, -0.25) is 0 Å². The highest BCUT2D eigenvalue weighted by atomic mass is 35.5. The number of hydrogen-bond acceptors (Lipinski definition) is 5. The number of aliphatic hydroxyl groups is 1. The minimum atomic E-state index is -1.28. The van der Waals surface area contributed by atoms with Crippen molar-refractivity contribution in [2.45, 2.75) is 32.4 Å². The normalized spacial score (nSPS) is 12.9. The van der Waals surface area contributed by atoms with Gasteiger partial charge in [-0.1, -0.05) is 0 Å². The maximum Gasteiger partial charge on any atom is 0.425 e. The molecule has 0 rings (SSSR count). The molecule has 0 saturated heterocycles. The van der Waals surface area contributed by atoms with Crippen LogP contribution in [0.1, 0.15) is 20.8 Å². The van der Waals surface area contributed by atoms with Gasteiger partial charge in [0.15, 0.2) is 6.04 Å². The van der Waals surface area contributed by atoms with Crippen molar-refractivity contribution < 1.29 is 24.2 Å². The van der Waals surface area contributed by atoms with Gasteiger partial charge in [0, 0.05) is 11.8 Å². The minimum Gasteiger partial charge on any atom is -0.467 e. The first-order chi connectivity index (χ1) is 7.22. The molecule has 0 fully saturated rings. The number of hydrogen-bond donors (Lipinski definition) is 1. The zero-order chi connectivity index (χ0) is 12.9. The lowest BCUT2D eigenvalue weighted by molar-refractivity contribution is -0.146. The van der Waals surface area contributed by atoms with Gasteiger partial charge in [-0.15, -0.1) is 0 Å². The summed E-state index contributed by atoms with van der Waals surface area (Å²) in [5, 5.41) is 8.91. The molecule has 0 saturated carbocycles. The molecule has 0 aliphatic carbocycles. The van der Waals surface area contributed by atoms with E-state index in [1.54, 1.807) is 20.8 Å². The first-order valence-corrected chi connectivity index (χ1v) is 4.93. The van der Waals surface area contributed by atoms with Gasteiger partial charge in [-0.2, -0.15) is 0 Å². The molecule has 1 unspecified atom stereocenters. The summed E-state index contributed by atoms with van der Waals surface area (Å²) in [6.07, 6.45) is -0.918. The number of carbonyl (C=O) groups is 2. The van der Waals surface area contributed by atoms with Gasteiger partial charge in [-0.25, -0.2) is 14.0 Å². The summed E-state index contributed by atoms with van der Waals surface area (Å²) in [7, 11) is 1.13. The smallest absolute Gasteiger partial charge is 0.425 e. The Labute approximate surface area is 99.2 Å². The molecule has 0 heterocycles. The number of aliphatic hydroxyl groups excluding tert-OH is 1. The monoisotopic (exact) mass is 253 g/mol. The summed E-state index contributed by atoms with van der Waals surface area (Å²) in [5.41, 5.74) is -0.736. The average molecular weight is 254 g/mol. The van der Waals surface area contributed by atoms with E-state index < -0.39 is 30.3 Å². The van der Waals surface area contributed by atoms with E-state index in [9.17, 15) is 9.59 Å². The van der Waals surface area contributed by atoms with Crippen LogP contribution in [0.2, 0.25) is 0 Å². The van der Waals surface area contributed by atoms with Crippen LogP contribution in [0.15, 0.2) is 0 Å². The molecule has 0 aliphatic heterocycles. The molecule has 16 heavy (non-hydrogen) atoms. The van der Waals surface area contributed by atoms with Crippen molar-refractivity contribution in [3.63, 3.8) is 0 Å². The van der Waals surface area contributed by atoms with Gasteiger partial charge >= 0.3 is 12.1 Å². The highest BCUT2D eigenvalue weighted by Gasteiger charge is 2.32. The largest absolute Gasteiger partial charge is 0.467 e. The fraction of sp³-hybridized carbons (Fsp3) is 0.778. The van der Waals surface area contributed by atoms with Crippen LogP contribution in [0, 0.1) is 0 Å². The lowest BCUT2D eigenvalue weighted by Gasteiger charge is -2.25. The molecule has 0 bridgehead atoms. The van der Waals surface area contributed by atoms with E-state index in [2.05, 4.69) is 4.74 Å². The van der Waals surface area contributed by atoms with Crippen LogP contribution in [-0.2, 0) is 14.3 Å². The molecule has 1 N–H and O–H groups in total. The summed E-state index contributed by atoms with van der Waals surface area (Å²) < 4.78 is 9.77. The third-order valence-electron chi connectivity index (χ3n) is 1.49. The van der Waals surface area contributed by atoms with Gasteiger partial charge in [-0.05, 0) is 20.8 Å². The van der Waals surface area contributed by atoms with Crippen molar-refractivity contribution in [1.29, 1.82) is 0 Å². The maximum absolute atomic E-state index is 11.4. The van der Waals surface area contributed by atoms with Crippen molar-refractivity contribution >= 4 is 23.8 Å². The van der Waals surface area contributed by atoms with E-state index in [0.717, 1.165) is 7.11 Å². The molecule has 6 nitrogen and oxygen atoms in total. The maximum atomic E-state index is 11.4. The predicted molar refractivity (Wildman–Crippen MR) is 56.8 cm³/mol. The zero-order valence-electron chi connectivity index (χ0n) is 9.69. The van der Waals surface area contributed by atoms with Gasteiger partial charge in [0.05, 0.1) is 13.7 Å². The van der Waals surface area contributed by atoms with Gasteiger partial charge in [0.1, 0.15) is 5.60 Å². The molecule has 0 aliphatic rings. The average Bonchev–Trinajstić information content (AvgIpc) is 2.15. The van der Waals surface area contributed by atoms with Crippen molar-refractivity contribution in [3.8, 4) is 0 Å². The number of rotatable bonds is 3. The Morgan fingerprint density at radius 1 is 1.44 bits per heavy atom. The topological polar surface area (TPSA) is 76.1 Å². The summed E-state index contributed by atoms with van der Waals surface area (Å²) in [5.74, 6) is -0.816. The van der Waals surface area contributed by atoms with E-state index in [0.29, 0.717) is 4.42 Å². The number of carbonyl (C=O) groups excluding carboxylic acids is 2. The third-order valence-corrected chi connectivity index (χ3v) is 1.86. The fourth-order valence-electron chi connectivity index (χ4n) is 0.808. The number of halogens is 1. The summed E-state index contributed by atoms with van der Waals surface area (Å²) in [4.78, 5) is 22.6. The lowest BCUT2D eigenvalue weighted by atomic mass is 10.2. The predicted octanol–water partition coefficient (Wildman–Crippen LogP) is 0.911. The van der Waals surface area contributed by atoms with Crippen LogP contribution in [-0.4, -0.2) is 46.9 Å². The van der Waals surface area contributed by atoms with Crippen molar-refractivity contribution in [3.05, 3.63) is 0 Å². The third kappa shape index (κ3) is 4.67. The van der Waals surface area contributed by atoms with E-state index >= 15 is 0 Å². The fourth-order valence-corrected chi connectivity index (χ4v) is 0.983. The summed E-state index contributed by atoms with van der Waals surface area (Å²) >= 11 is 5.58. The Bertz CT molecular complexity index is 263. The molecule has 0 spiro atoms. The van der Waals surface area contributed by atoms with Crippen LogP contribution in [0.3, 0.4) is 0 Å². The molecule has 0 aromatic heterocycles. The van der Waals surface area contributed by atoms with Crippen LogP contribution in [0.25, 0.3) is 0 Å². The van der Waals surface area contributed by atoms with Gasteiger partial charge in [0.2, 0.25) is 0 Å². The Morgan fingerprint density at radius 2 is 1.94 bits per heavy atom. The van der Waals surface area contributed by atoms with Crippen molar-refractivity contribution in [1.82, 2.24) is 4.42 Å². The highest BCUT2D eigenvalue weighted by Crippen LogP contribution is 2.14. The number of esters is 1. The van der Waals surface area contributed by atoms with Gasteiger partial charge in [0.25, 0.3) is 0 Å². The molecule has 0 aromatic rings. The van der Waals surface area contributed by atoms with Crippen LogP contribution >= 0.6 is 11.8 Å². The van der Waals surface area contributed by atoms with Crippen LogP contribution in [0.4, 0.5) is 4.79 Å². The second kappa shape index (κ2) is 5.91. The van der Waals surface area contributed by atoms with Crippen molar-refractivity contribution in [2.75, 3.05) is 13.7 Å². The number of nitrogens with zero attached hydrogens (tertiary/aromatic N) is 1. The number of amides is 1. The molecular weight excluding hydrogens is 238 g/mol. The summed E-state index contributed by atoms with van der Waals surface area (Å²) in [6.45, 7) is 4.32. The Balaban J connectivity index is 4.57. The zero-order valence-corrected chi connectivity index (χ0v) is 10.4. The van der Waals surface area contributed by atoms with Gasteiger partial charge < -0.3 is 14.6 Å². The molecular formula is C9H16ClNO5. The Hall–Kier alpha value is -1.01. The SMILES string of the molecule is COC(=O)C(CO)N(Cl)C(=O)OC(C)(C)C. The first kappa shape index (κ1) is 15.0. The second-order valence-corrected chi connectivity index (χ2v) is 4.38. The highest BCUT2D eigenvalue weighted by molar-refractivity contribution is 6.21. The molecule has 1 amide bonds. The van der Waals surface area contributed by atoms with E-state index in [-0.39, 0.29) is 0 Å². The van der Waals surface area contributed by atoms with Crippen LogP contribution in [0.5, 0.6) is 0 Å².